The largest absolute Gasteiger partial charge is 0.370 e. The molecule has 1 aliphatic heterocycles. The SMILES string of the molecule is Cc1ccc(NC(N)=NCCCN2CCCCCC2=O)cc1C. The molecule has 0 saturated carbocycles. The number of hydrogen-bond acceptors (Lipinski definition) is 2. The first-order valence-electron chi connectivity index (χ1n) is 8.48. The Bertz CT molecular complexity index is 568. The summed E-state index contributed by atoms with van der Waals surface area (Å²) in [7, 11) is 0. The number of aliphatic imine (C=N–C) groups is 1. The summed E-state index contributed by atoms with van der Waals surface area (Å²) in [5.41, 5.74) is 9.36. The molecule has 3 N–H and O–H groups in total. The maximum atomic E-state index is 11.9. The first-order chi connectivity index (χ1) is 11.1. The van der Waals surface area contributed by atoms with E-state index in [-0.39, 0.29) is 5.91 Å². The Morgan fingerprint density at radius 3 is 2.87 bits per heavy atom. The molecule has 126 valence electrons. The van der Waals surface area contributed by atoms with Crippen molar-refractivity contribution in [1.82, 2.24) is 4.90 Å². The highest BCUT2D eigenvalue weighted by Gasteiger charge is 2.15. The van der Waals surface area contributed by atoms with Crippen LogP contribution in [0.25, 0.3) is 0 Å². The van der Waals surface area contributed by atoms with Crippen LogP contribution in [0.2, 0.25) is 0 Å². The summed E-state index contributed by atoms with van der Waals surface area (Å²) >= 11 is 0. The number of carbonyl (C=O) groups is 1. The van der Waals surface area contributed by atoms with Gasteiger partial charge in [-0.15, -0.1) is 0 Å². The number of aryl methyl sites for hydroxylation is 2. The normalized spacial score (nSPS) is 16.3. The fourth-order valence-corrected chi connectivity index (χ4v) is 2.74. The van der Waals surface area contributed by atoms with Crippen molar-refractivity contribution < 1.29 is 4.79 Å². The van der Waals surface area contributed by atoms with E-state index in [4.69, 9.17) is 5.73 Å². The maximum Gasteiger partial charge on any atom is 0.222 e. The second kappa shape index (κ2) is 8.56. The van der Waals surface area contributed by atoms with Crippen molar-refractivity contribution in [2.45, 2.75) is 46.0 Å². The second-order valence-electron chi connectivity index (χ2n) is 6.24. The first-order valence-corrected chi connectivity index (χ1v) is 8.48. The number of anilines is 1. The summed E-state index contributed by atoms with van der Waals surface area (Å²) in [4.78, 5) is 18.2. The smallest absolute Gasteiger partial charge is 0.222 e. The van der Waals surface area contributed by atoms with Gasteiger partial charge in [-0.3, -0.25) is 9.79 Å². The van der Waals surface area contributed by atoms with E-state index in [0.29, 0.717) is 18.9 Å². The standard InChI is InChI=1S/C18H28N4O/c1-14-8-9-16(13-15(14)2)21-18(19)20-10-6-12-22-11-5-3-4-7-17(22)23/h8-9,13H,3-7,10-12H2,1-2H3,(H3,19,20,21). The highest BCUT2D eigenvalue weighted by atomic mass is 16.2. The van der Waals surface area contributed by atoms with Gasteiger partial charge in [-0.2, -0.15) is 0 Å². The summed E-state index contributed by atoms with van der Waals surface area (Å²) < 4.78 is 0. The third kappa shape index (κ3) is 5.58. The molecule has 0 spiro atoms. The van der Waals surface area contributed by atoms with Crippen molar-refractivity contribution >= 4 is 17.6 Å². The highest BCUT2D eigenvalue weighted by Crippen LogP contribution is 2.14. The molecule has 1 aromatic rings. The van der Waals surface area contributed by atoms with Crippen LogP contribution in [0.5, 0.6) is 0 Å². The third-order valence-electron chi connectivity index (χ3n) is 4.32. The van der Waals surface area contributed by atoms with Crippen LogP contribution in [-0.4, -0.2) is 36.4 Å². The van der Waals surface area contributed by atoms with Gasteiger partial charge in [0.15, 0.2) is 5.96 Å². The summed E-state index contributed by atoms with van der Waals surface area (Å²) in [6.45, 7) is 6.46. The van der Waals surface area contributed by atoms with E-state index in [0.717, 1.165) is 44.5 Å². The van der Waals surface area contributed by atoms with Gasteiger partial charge in [0, 0.05) is 31.7 Å². The predicted molar refractivity (Wildman–Crippen MR) is 95.7 cm³/mol. The van der Waals surface area contributed by atoms with Gasteiger partial charge < -0.3 is 16.0 Å². The van der Waals surface area contributed by atoms with Crippen LogP contribution in [-0.2, 0) is 4.79 Å². The number of benzene rings is 1. The number of likely N-dealkylation sites (tertiary alicyclic amines) is 1. The quantitative estimate of drug-likeness (QED) is 0.498. The number of rotatable bonds is 5. The average molecular weight is 316 g/mol. The van der Waals surface area contributed by atoms with Crippen molar-refractivity contribution in [1.29, 1.82) is 0 Å². The molecule has 0 unspecified atom stereocenters. The van der Waals surface area contributed by atoms with Crippen LogP contribution < -0.4 is 11.1 Å². The first kappa shape index (κ1) is 17.3. The molecule has 2 rings (SSSR count). The number of amides is 1. The van der Waals surface area contributed by atoms with Gasteiger partial charge in [0.2, 0.25) is 5.91 Å². The molecule has 1 aromatic carbocycles. The van der Waals surface area contributed by atoms with Crippen molar-refractivity contribution in [3.05, 3.63) is 29.3 Å². The zero-order valence-electron chi connectivity index (χ0n) is 14.3. The lowest BCUT2D eigenvalue weighted by Crippen LogP contribution is -2.31. The van der Waals surface area contributed by atoms with E-state index >= 15 is 0 Å². The van der Waals surface area contributed by atoms with Crippen LogP contribution in [0, 0.1) is 13.8 Å². The lowest BCUT2D eigenvalue weighted by atomic mass is 10.1. The molecule has 0 aliphatic carbocycles. The minimum atomic E-state index is 0.285. The number of nitrogens with zero attached hydrogens (tertiary/aromatic N) is 2. The molecule has 0 atom stereocenters. The van der Waals surface area contributed by atoms with E-state index in [9.17, 15) is 4.79 Å². The van der Waals surface area contributed by atoms with E-state index in [1.807, 2.05) is 11.0 Å². The molecule has 0 bridgehead atoms. The predicted octanol–water partition coefficient (Wildman–Crippen LogP) is 2.82. The number of guanidine groups is 1. The summed E-state index contributed by atoms with van der Waals surface area (Å²) in [5.74, 6) is 0.711. The van der Waals surface area contributed by atoms with Gasteiger partial charge in [0.05, 0.1) is 0 Å². The number of nitrogens with one attached hydrogen (secondary N) is 1. The van der Waals surface area contributed by atoms with E-state index < -0.39 is 0 Å². The minimum Gasteiger partial charge on any atom is -0.370 e. The Kier molecular flexibility index (Phi) is 6.44. The molecule has 0 aromatic heterocycles. The average Bonchev–Trinajstić information content (AvgIpc) is 2.72. The van der Waals surface area contributed by atoms with Gasteiger partial charge in [-0.1, -0.05) is 12.5 Å². The number of carbonyl (C=O) groups excluding carboxylic acids is 1. The van der Waals surface area contributed by atoms with E-state index in [1.165, 1.54) is 11.1 Å². The molecule has 1 fully saturated rings. The zero-order valence-corrected chi connectivity index (χ0v) is 14.3. The molecular formula is C18H28N4O. The molecule has 5 nitrogen and oxygen atoms in total. The highest BCUT2D eigenvalue weighted by molar-refractivity contribution is 5.92. The molecule has 1 heterocycles. The van der Waals surface area contributed by atoms with Crippen LogP contribution in [0.3, 0.4) is 0 Å². The molecule has 0 radical (unpaired) electrons. The minimum absolute atomic E-state index is 0.285. The van der Waals surface area contributed by atoms with Gasteiger partial charge >= 0.3 is 0 Å². The van der Waals surface area contributed by atoms with Gasteiger partial charge in [-0.25, -0.2) is 0 Å². The Morgan fingerprint density at radius 2 is 2.09 bits per heavy atom. The van der Waals surface area contributed by atoms with Gasteiger partial charge in [-0.05, 0) is 56.4 Å². The lowest BCUT2D eigenvalue weighted by Gasteiger charge is -2.19. The van der Waals surface area contributed by atoms with E-state index in [2.05, 4.69) is 36.3 Å². The summed E-state index contributed by atoms with van der Waals surface area (Å²) in [6, 6.07) is 6.13. The maximum absolute atomic E-state index is 11.9. The zero-order chi connectivity index (χ0) is 16.7. The molecule has 23 heavy (non-hydrogen) atoms. The molecule has 1 saturated heterocycles. The van der Waals surface area contributed by atoms with Crippen molar-refractivity contribution in [2.24, 2.45) is 10.7 Å². The third-order valence-corrected chi connectivity index (χ3v) is 4.32. The summed E-state index contributed by atoms with van der Waals surface area (Å²) in [6.07, 6.45) is 4.85. The second-order valence-corrected chi connectivity index (χ2v) is 6.24. The Morgan fingerprint density at radius 1 is 1.26 bits per heavy atom. The Hall–Kier alpha value is -2.04. The molecule has 1 aliphatic rings. The van der Waals surface area contributed by atoms with Crippen LogP contribution in [0.15, 0.2) is 23.2 Å². The molecule has 5 heteroatoms. The fraction of sp³-hybridized carbons (Fsp3) is 0.556. The van der Waals surface area contributed by atoms with E-state index in [1.54, 1.807) is 0 Å². The monoisotopic (exact) mass is 316 g/mol. The van der Waals surface area contributed by atoms with Crippen molar-refractivity contribution in [3.8, 4) is 0 Å². The van der Waals surface area contributed by atoms with Gasteiger partial charge in [0.1, 0.15) is 0 Å². The molecular weight excluding hydrogens is 288 g/mol. The molecule has 1 amide bonds. The summed E-state index contributed by atoms with van der Waals surface area (Å²) in [5, 5.41) is 3.11. The Balaban J connectivity index is 1.76. The van der Waals surface area contributed by atoms with Crippen molar-refractivity contribution in [3.63, 3.8) is 0 Å². The Labute approximate surface area is 139 Å². The van der Waals surface area contributed by atoms with Crippen LogP contribution in [0.1, 0.15) is 43.2 Å². The fourth-order valence-electron chi connectivity index (χ4n) is 2.74. The number of nitrogens with two attached hydrogens (primary N) is 1. The van der Waals surface area contributed by atoms with Gasteiger partial charge in [0.25, 0.3) is 0 Å². The number of hydrogen-bond donors (Lipinski definition) is 2. The topological polar surface area (TPSA) is 70.7 Å². The lowest BCUT2D eigenvalue weighted by molar-refractivity contribution is -0.130. The van der Waals surface area contributed by atoms with Crippen molar-refractivity contribution in [2.75, 3.05) is 25.0 Å². The van der Waals surface area contributed by atoms with Crippen LogP contribution in [0.4, 0.5) is 5.69 Å². The van der Waals surface area contributed by atoms with Crippen LogP contribution >= 0.6 is 0 Å².